The molecule has 1 amide bonds. The summed E-state index contributed by atoms with van der Waals surface area (Å²) in [5.41, 5.74) is 2.09. The summed E-state index contributed by atoms with van der Waals surface area (Å²) in [6, 6.07) is 7.92. The zero-order valence-corrected chi connectivity index (χ0v) is 11.7. The summed E-state index contributed by atoms with van der Waals surface area (Å²) in [7, 11) is 1.64. The lowest BCUT2D eigenvalue weighted by molar-refractivity contribution is -0.115. The molecule has 0 bridgehead atoms. The molecule has 1 aromatic carbocycles. The molecule has 0 aliphatic carbocycles. The third kappa shape index (κ3) is 6.05. The lowest BCUT2D eigenvalue weighted by Gasteiger charge is -2.07. The number of ether oxygens (including phenoxy) is 1. The van der Waals surface area contributed by atoms with Gasteiger partial charge in [0.1, 0.15) is 0 Å². The van der Waals surface area contributed by atoms with E-state index in [1.54, 1.807) is 18.9 Å². The van der Waals surface area contributed by atoms with Crippen molar-refractivity contribution in [3.05, 3.63) is 29.8 Å². The van der Waals surface area contributed by atoms with Gasteiger partial charge in [-0.3, -0.25) is 4.79 Å². The van der Waals surface area contributed by atoms with Gasteiger partial charge >= 0.3 is 0 Å². The highest BCUT2D eigenvalue weighted by molar-refractivity contribution is 7.97. The molecule has 4 nitrogen and oxygen atoms in total. The Balaban J connectivity index is 2.30. The molecule has 0 radical (unpaired) electrons. The average molecular weight is 268 g/mol. The number of hydrogen-bond acceptors (Lipinski definition) is 4. The Bertz CT molecular complexity index is 355. The molecule has 0 spiro atoms. The number of amides is 1. The van der Waals surface area contributed by atoms with Crippen LogP contribution in [0.3, 0.4) is 0 Å². The maximum absolute atomic E-state index is 11.6. The van der Waals surface area contributed by atoms with Crippen LogP contribution in [0.1, 0.15) is 5.56 Å². The molecular formula is C13H20N2O2S. The van der Waals surface area contributed by atoms with Crippen molar-refractivity contribution in [1.29, 1.82) is 0 Å². The van der Waals surface area contributed by atoms with Crippen molar-refractivity contribution in [1.82, 2.24) is 5.32 Å². The number of anilines is 1. The van der Waals surface area contributed by atoms with Crippen molar-refractivity contribution < 1.29 is 9.53 Å². The fourth-order valence-corrected chi connectivity index (χ4v) is 1.96. The third-order valence-corrected chi connectivity index (χ3v) is 2.94. The first kappa shape index (κ1) is 15.0. The van der Waals surface area contributed by atoms with Gasteiger partial charge in [0.25, 0.3) is 0 Å². The number of carbonyl (C=O) groups is 1. The van der Waals surface area contributed by atoms with Crippen molar-refractivity contribution in [2.24, 2.45) is 0 Å². The van der Waals surface area contributed by atoms with Crippen molar-refractivity contribution in [2.45, 2.75) is 5.75 Å². The molecule has 0 saturated carbocycles. The molecule has 0 heterocycles. The van der Waals surface area contributed by atoms with E-state index in [0.29, 0.717) is 19.7 Å². The van der Waals surface area contributed by atoms with Gasteiger partial charge in [-0.05, 0) is 24.0 Å². The molecule has 2 N–H and O–H groups in total. The number of methoxy groups -OCH3 is 1. The molecule has 0 atom stereocenters. The second-order valence-electron chi connectivity index (χ2n) is 3.85. The van der Waals surface area contributed by atoms with Gasteiger partial charge in [0.2, 0.25) is 5.91 Å². The first-order chi connectivity index (χ1) is 8.76. The van der Waals surface area contributed by atoms with E-state index in [2.05, 4.69) is 16.9 Å². The number of nitrogens with one attached hydrogen (secondary N) is 2. The van der Waals surface area contributed by atoms with Gasteiger partial charge in [-0.15, -0.1) is 0 Å². The highest BCUT2D eigenvalue weighted by atomic mass is 32.2. The van der Waals surface area contributed by atoms with Crippen molar-refractivity contribution >= 4 is 23.4 Å². The Hall–Kier alpha value is -1.04. The minimum atomic E-state index is -0.0382. The summed E-state index contributed by atoms with van der Waals surface area (Å²) >= 11 is 1.78. The maximum atomic E-state index is 11.6. The summed E-state index contributed by atoms with van der Waals surface area (Å²) < 4.78 is 4.88. The largest absolute Gasteiger partial charge is 0.383 e. The van der Waals surface area contributed by atoms with Crippen LogP contribution < -0.4 is 10.6 Å². The third-order valence-electron chi connectivity index (χ3n) is 2.32. The molecule has 0 saturated heterocycles. The van der Waals surface area contributed by atoms with Gasteiger partial charge in [-0.25, -0.2) is 0 Å². The van der Waals surface area contributed by atoms with E-state index < -0.39 is 0 Å². The molecule has 0 fully saturated rings. The van der Waals surface area contributed by atoms with Gasteiger partial charge < -0.3 is 15.4 Å². The van der Waals surface area contributed by atoms with Crippen LogP contribution in [0.2, 0.25) is 0 Å². The van der Waals surface area contributed by atoms with Crippen LogP contribution in [-0.4, -0.2) is 39.0 Å². The van der Waals surface area contributed by atoms with E-state index >= 15 is 0 Å². The number of rotatable bonds is 8. The zero-order valence-electron chi connectivity index (χ0n) is 10.9. The number of thioether (sulfide) groups is 1. The van der Waals surface area contributed by atoms with Crippen molar-refractivity contribution in [3.8, 4) is 0 Å². The monoisotopic (exact) mass is 268 g/mol. The maximum Gasteiger partial charge on any atom is 0.238 e. The van der Waals surface area contributed by atoms with Gasteiger partial charge in [0.05, 0.1) is 13.2 Å². The number of hydrogen-bond donors (Lipinski definition) is 2. The quantitative estimate of drug-likeness (QED) is 0.705. The molecule has 5 heteroatoms. The smallest absolute Gasteiger partial charge is 0.238 e. The standard InChI is InChI=1S/C13H20N2O2S/c1-17-8-7-14-9-13(16)15-12-5-3-11(4-6-12)10-18-2/h3-6,14H,7-10H2,1-2H3,(H,15,16). The predicted molar refractivity (Wildman–Crippen MR) is 77.0 cm³/mol. The molecule has 0 aliphatic rings. The Morgan fingerprint density at radius 3 is 2.67 bits per heavy atom. The summed E-state index contributed by atoms with van der Waals surface area (Å²) in [4.78, 5) is 11.6. The fraction of sp³-hybridized carbons (Fsp3) is 0.462. The predicted octanol–water partition coefficient (Wildman–Crippen LogP) is 1.72. The molecule has 1 aromatic rings. The van der Waals surface area contributed by atoms with Crippen LogP contribution in [0, 0.1) is 0 Å². The van der Waals surface area contributed by atoms with Crippen LogP contribution >= 0.6 is 11.8 Å². The topological polar surface area (TPSA) is 50.4 Å². The van der Waals surface area contributed by atoms with E-state index in [-0.39, 0.29) is 5.91 Å². The van der Waals surface area contributed by atoms with Gasteiger partial charge in [-0.1, -0.05) is 12.1 Å². The van der Waals surface area contributed by atoms with Crippen LogP contribution in [0.25, 0.3) is 0 Å². The van der Waals surface area contributed by atoms with E-state index in [1.807, 2.05) is 24.3 Å². The fourth-order valence-electron chi connectivity index (χ4n) is 1.43. The van der Waals surface area contributed by atoms with Gasteiger partial charge in [0, 0.05) is 25.1 Å². The summed E-state index contributed by atoms with van der Waals surface area (Å²) in [6.07, 6.45) is 2.07. The highest BCUT2D eigenvalue weighted by Crippen LogP contribution is 2.13. The van der Waals surface area contributed by atoms with Crippen LogP contribution in [0.4, 0.5) is 5.69 Å². The molecule has 0 aromatic heterocycles. The Morgan fingerprint density at radius 2 is 2.06 bits per heavy atom. The summed E-state index contributed by atoms with van der Waals surface area (Å²) in [6.45, 7) is 1.59. The lowest BCUT2D eigenvalue weighted by atomic mass is 10.2. The van der Waals surface area contributed by atoms with Crippen LogP contribution in [0.5, 0.6) is 0 Å². The zero-order chi connectivity index (χ0) is 13.2. The SMILES string of the molecule is COCCNCC(=O)Nc1ccc(CSC)cc1. The normalized spacial score (nSPS) is 10.3. The molecule has 18 heavy (non-hydrogen) atoms. The number of carbonyl (C=O) groups excluding carboxylic acids is 1. The second-order valence-corrected chi connectivity index (χ2v) is 4.71. The Kier molecular flexibility index (Phi) is 7.48. The number of benzene rings is 1. The molecule has 0 unspecified atom stereocenters. The minimum absolute atomic E-state index is 0.0382. The Morgan fingerprint density at radius 1 is 1.33 bits per heavy atom. The first-order valence-corrected chi connectivity index (χ1v) is 7.23. The summed E-state index contributed by atoms with van der Waals surface area (Å²) in [5, 5.41) is 5.84. The second kappa shape index (κ2) is 8.97. The first-order valence-electron chi connectivity index (χ1n) is 5.83. The molecule has 0 aliphatic heterocycles. The molecule has 1 rings (SSSR count). The van der Waals surface area contributed by atoms with Crippen molar-refractivity contribution in [3.63, 3.8) is 0 Å². The minimum Gasteiger partial charge on any atom is -0.383 e. The van der Waals surface area contributed by atoms with E-state index in [1.165, 1.54) is 5.56 Å². The van der Waals surface area contributed by atoms with Gasteiger partial charge in [0.15, 0.2) is 0 Å². The lowest BCUT2D eigenvalue weighted by Crippen LogP contribution is -2.30. The Labute approximate surface area is 112 Å². The molecule has 100 valence electrons. The highest BCUT2D eigenvalue weighted by Gasteiger charge is 2.01. The van der Waals surface area contributed by atoms with E-state index in [0.717, 1.165) is 11.4 Å². The van der Waals surface area contributed by atoms with Crippen molar-refractivity contribution in [2.75, 3.05) is 38.4 Å². The van der Waals surface area contributed by atoms with Crippen LogP contribution in [0.15, 0.2) is 24.3 Å². The van der Waals surface area contributed by atoms with Crippen LogP contribution in [-0.2, 0) is 15.3 Å². The summed E-state index contributed by atoms with van der Waals surface area (Å²) in [5.74, 6) is 0.955. The van der Waals surface area contributed by atoms with E-state index in [9.17, 15) is 4.79 Å². The van der Waals surface area contributed by atoms with Gasteiger partial charge in [-0.2, -0.15) is 11.8 Å². The molecular weight excluding hydrogens is 248 g/mol. The van der Waals surface area contributed by atoms with E-state index in [4.69, 9.17) is 4.74 Å². The average Bonchev–Trinajstić information content (AvgIpc) is 2.37.